The normalized spacial score (nSPS) is 12.4. The van der Waals surface area contributed by atoms with Crippen molar-refractivity contribution >= 4 is 34.7 Å². The van der Waals surface area contributed by atoms with Crippen LogP contribution in [0, 0.1) is 0 Å². The summed E-state index contributed by atoms with van der Waals surface area (Å²) in [7, 11) is 1.67. The molecule has 0 aromatic heterocycles. The number of ether oxygens (including phenoxy) is 1. The van der Waals surface area contributed by atoms with Crippen molar-refractivity contribution in [3.63, 3.8) is 0 Å². The van der Waals surface area contributed by atoms with Gasteiger partial charge in [0.15, 0.2) is 0 Å². The van der Waals surface area contributed by atoms with E-state index in [1.54, 1.807) is 18.9 Å². The second-order valence-electron chi connectivity index (χ2n) is 3.73. The Labute approximate surface area is 109 Å². The van der Waals surface area contributed by atoms with Crippen molar-refractivity contribution in [1.82, 2.24) is 0 Å². The van der Waals surface area contributed by atoms with E-state index in [1.165, 1.54) is 4.90 Å². The fourth-order valence-electron chi connectivity index (χ4n) is 1.77. The molecule has 0 amide bonds. The fraction of sp³-hybridized carbons (Fsp3) is 0.0769. The third-order valence-corrected chi connectivity index (χ3v) is 3.99. The molecule has 0 saturated heterocycles. The van der Waals surface area contributed by atoms with Crippen LogP contribution in [0.3, 0.4) is 0 Å². The Balaban J connectivity index is 2.04. The summed E-state index contributed by atoms with van der Waals surface area (Å²) in [6.07, 6.45) is 0. The van der Waals surface area contributed by atoms with Gasteiger partial charge in [0.05, 0.1) is 18.5 Å². The highest BCUT2D eigenvalue weighted by atomic mass is 35.5. The molecule has 1 N–H and O–H groups in total. The van der Waals surface area contributed by atoms with Crippen LogP contribution in [0.15, 0.2) is 46.2 Å². The summed E-state index contributed by atoms with van der Waals surface area (Å²) in [6.45, 7) is 0. The van der Waals surface area contributed by atoms with E-state index in [2.05, 4.69) is 11.4 Å². The summed E-state index contributed by atoms with van der Waals surface area (Å²) >= 11 is 7.70. The topological polar surface area (TPSA) is 21.3 Å². The van der Waals surface area contributed by atoms with Crippen molar-refractivity contribution in [1.29, 1.82) is 0 Å². The standard InChI is InChI=1S/C13H10ClNOS/c1-16-9-3-5-12-11(7-9)15-10-4-2-8(14)6-13(10)17-12/h2-7,15H,1H3. The number of methoxy groups -OCH3 is 1. The van der Waals surface area contributed by atoms with Crippen LogP contribution in [0.1, 0.15) is 0 Å². The van der Waals surface area contributed by atoms with E-state index in [-0.39, 0.29) is 0 Å². The lowest BCUT2D eigenvalue weighted by Gasteiger charge is -2.21. The molecule has 1 aliphatic heterocycles. The number of hydrogen-bond acceptors (Lipinski definition) is 3. The summed E-state index contributed by atoms with van der Waals surface area (Å²) < 4.78 is 5.22. The molecule has 3 rings (SSSR count). The van der Waals surface area contributed by atoms with Gasteiger partial charge in [-0.2, -0.15) is 0 Å². The largest absolute Gasteiger partial charge is 0.497 e. The number of fused-ring (bicyclic) bond motifs is 2. The first-order chi connectivity index (χ1) is 8.26. The molecule has 0 aliphatic carbocycles. The molecule has 86 valence electrons. The molecule has 0 unspecified atom stereocenters. The lowest BCUT2D eigenvalue weighted by atomic mass is 10.2. The molecule has 0 radical (unpaired) electrons. The van der Waals surface area contributed by atoms with Gasteiger partial charge in [0.1, 0.15) is 5.75 Å². The first-order valence-electron chi connectivity index (χ1n) is 5.19. The number of rotatable bonds is 1. The minimum Gasteiger partial charge on any atom is -0.497 e. The van der Waals surface area contributed by atoms with Crippen molar-refractivity contribution in [2.24, 2.45) is 0 Å². The number of anilines is 2. The van der Waals surface area contributed by atoms with Gasteiger partial charge >= 0.3 is 0 Å². The van der Waals surface area contributed by atoms with Crippen LogP contribution >= 0.6 is 23.4 Å². The van der Waals surface area contributed by atoms with Crippen molar-refractivity contribution in [3.05, 3.63) is 41.4 Å². The fourth-order valence-corrected chi connectivity index (χ4v) is 3.01. The summed E-state index contributed by atoms with van der Waals surface area (Å²) in [6, 6.07) is 11.9. The second kappa shape index (κ2) is 4.17. The Morgan fingerprint density at radius 1 is 1.06 bits per heavy atom. The third kappa shape index (κ3) is 1.96. The molecule has 17 heavy (non-hydrogen) atoms. The van der Waals surface area contributed by atoms with E-state index < -0.39 is 0 Å². The first-order valence-corrected chi connectivity index (χ1v) is 6.38. The molecule has 2 aromatic rings. The summed E-state index contributed by atoms with van der Waals surface area (Å²) in [5.41, 5.74) is 2.16. The molecule has 0 bridgehead atoms. The number of benzene rings is 2. The van der Waals surface area contributed by atoms with Gasteiger partial charge in [-0.15, -0.1) is 0 Å². The van der Waals surface area contributed by atoms with Gasteiger partial charge < -0.3 is 10.1 Å². The van der Waals surface area contributed by atoms with Crippen LogP contribution in [0.5, 0.6) is 5.75 Å². The third-order valence-electron chi connectivity index (χ3n) is 2.62. The SMILES string of the molecule is COc1ccc2c(c1)Nc1ccc(Cl)cc1S2. The van der Waals surface area contributed by atoms with E-state index in [1.807, 2.05) is 30.3 Å². The van der Waals surface area contributed by atoms with Crippen LogP contribution in [-0.4, -0.2) is 7.11 Å². The molecule has 4 heteroatoms. The molecule has 0 spiro atoms. The monoisotopic (exact) mass is 263 g/mol. The molecular weight excluding hydrogens is 254 g/mol. The van der Waals surface area contributed by atoms with Gasteiger partial charge in [0, 0.05) is 20.9 Å². The summed E-state index contributed by atoms with van der Waals surface area (Å²) in [5.74, 6) is 0.856. The molecule has 1 heterocycles. The van der Waals surface area contributed by atoms with Gasteiger partial charge in [0.25, 0.3) is 0 Å². The van der Waals surface area contributed by atoms with Crippen LogP contribution in [0.25, 0.3) is 0 Å². The Morgan fingerprint density at radius 2 is 1.94 bits per heavy atom. The highest BCUT2D eigenvalue weighted by molar-refractivity contribution is 7.99. The average molecular weight is 264 g/mol. The van der Waals surface area contributed by atoms with E-state index in [9.17, 15) is 0 Å². The van der Waals surface area contributed by atoms with Crippen molar-refractivity contribution in [3.8, 4) is 5.75 Å². The Kier molecular flexibility index (Phi) is 2.65. The Morgan fingerprint density at radius 3 is 2.76 bits per heavy atom. The van der Waals surface area contributed by atoms with Crippen LogP contribution in [0.2, 0.25) is 5.02 Å². The molecule has 2 aromatic carbocycles. The molecule has 0 saturated carbocycles. The lowest BCUT2D eigenvalue weighted by molar-refractivity contribution is 0.414. The predicted octanol–water partition coefficient (Wildman–Crippen LogP) is 4.56. The van der Waals surface area contributed by atoms with E-state index in [4.69, 9.17) is 16.3 Å². The Hall–Kier alpha value is -1.32. The molecule has 1 aliphatic rings. The maximum atomic E-state index is 5.99. The van der Waals surface area contributed by atoms with Gasteiger partial charge in [-0.3, -0.25) is 0 Å². The molecule has 0 fully saturated rings. The lowest BCUT2D eigenvalue weighted by Crippen LogP contribution is -1.99. The number of nitrogens with one attached hydrogen (secondary N) is 1. The van der Waals surface area contributed by atoms with E-state index in [0.29, 0.717) is 0 Å². The van der Waals surface area contributed by atoms with Crippen molar-refractivity contribution in [2.75, 3.05) is 12.4 Å². The quantitative estimate of drug-likeness (QED) is 0.696. The van der Waals surface area contributed by atoms with Crippen LogP contribution in [0.4, 0.5) is 11.4 Å². The number of halogens is 1. The molecular formula is C13H10ClNOS. The van der Waals surface area contributed by atoms with Crippen molar-refractivity contribution in [2.45, 2.75) is 9.79 Å². The maximum absolute atomic E-state index is 5.99. The van der Waals surface area contributed by atoms with Crippen LogP contribution in [-0.2, 0) is 0 Å². The van der Waals surface area contributed by atoms with Gasteiger partial charge in [0.2, 0.25) is 0 Å². The summed E-state index contributed by atoms with van der Waals surface area (Å²) in [4.78, 5) is 2.33. The zero-order chi connectivity index (χ0) is 11.8. The minimum atomic E-state index is 0.759. The van der Waals surface area contributed by atoms with Gasteiger partial charge in [-0.1, -0.05) is 23.4 Å². The van der Waals surface area contributed by atoms with Gasteiger partial charge in [-0.25, -0.2) is 0 Å². The van der Waals surface area contributed by atoms with Gasteiger partial charge in [-0.05, 0) is 30.3 Å². The maximum Gasteiger partial charge on any atom is 0.121 e. The predicted molar refractivity (Wildman–Crippen MR) is 71.9 cm³/mol. The van der Waals surface area contributed by atoms with E-state index in [0.717, 1.165) is 27.0 Å². The second-order valence-corrected chi connectivity index (χ2v) is 5.25. The zero-order valence-corrected chi connectivity index (χ0v) is 10.7. The summed E-state index contributed by atoms with van der Waals surface area (Å²) in [5, 5.41) is 4.14. The average Bonchev–Trinajstić information content (AvgIpc) is 2.35. The zero-order valence-electron chi connectivity index (χ0n) is 9.16. The highest BCUT2D eigenvalue weighted by Crippen LogP contribution is 2.45. The van der Waals surface area contributed by atoms with Crippen molar-refractivity contribution < 1.29 is 4.74 Å². The molecule has 0 atom stereocenters. The molecule has 2 nitrogen and oxygen atoms in total. The Bertz CT molecular complexity index is 586. The van der Waals surface area contributed by atoms with E-state index >= 15 is 0 Å². The first kappa shape index (κ1) is 10.8. The minimum absolute atomic E-state index is 0.759. The smallest absolute Gasteiger partial charge is 0.121 e. The highest BCUT2D eigenvalue weighted by Gasteiger charge is 2.16. The van der Waals surface area contributed by atoms with Crippen LogP contribution < -0.4 is 10.1 Å². The number of hydrogen-bond donors (Lipinski definition) is 1.